The SMILES string of the molecule is CC(NC(=O)NC(C(=O)O)C(C)C)c1ccco1. The molecule has 2 amide bonds. The molecule has 100 valence electrons. The first-order valence-electron chi connectivity index (χ1n) is 5.75. The summed E-state index contributed by atoms with van der Waals surface area (Å²) in [5.74, 6) is -0.625. The fourth-order valence-electron chi connectivity index (χ4n) is 1.50. The Morgan fingerprint density at radius 2 is 1.94 bits per heavy atom. The maximum Gasteiger partial charge on any atom is 0.326 e. The molecule has 0 aliphatic rings. The molecule has 0 fully saturated rings. The van der Waals surface area contributed by atoms with Crippen LogP contribution in [0.5, 0.6) is 0 Å². The second-order valence-electron chi connectivity index (χ2n) is 4.41. The number of urea groups is 1. The molecule has 18 heavy (non-hydrogen) atoms. The van der Waals surface area contributed by atoms with E-state index in [0.717, 1.165) is 0 Å². The van der Waals surface area contributed by atoms with Crippen LogP contribution in [0, 0.1) is 5.92 Å². The Hall–Kier alpha value is -1.98. The van der Waals surface area contributed by atoms with Gasteiger partial charge in [0.2, 0.25) is 0 Å². The molecule has 1 rings (SSSR count). The van der Waals surface area contributed by atoms with Crippen LogP contribution >= 0.6 is 0 Å². The van der Waals surface area contributed by atoms with Crippen molar-refractivity contribution in [2.24, 2.45) is 5.92 Å². The van der Waals surface area contributed by atoms with Gasteiger partial charge in [0, 0.05) is 0 Å². The average Bonchev–Trinajstić information content (AvgIpc) is 2.78. The van der Waals surface area contributed by atoms with Crippen LogP contribution in [0.1, 0.15) is 32.6 Å². The fraction of sp³-hybridized carbons (Fsp3) is 0.500. The summed E-state index contributed by atoms with van der Waals surface area (Å²) in [5, 5.41) is 14.0. The Morgan fingerprint density at radius 3 is 2.39 bits per heavy atom. The van der Waals surface area contributed by atoms with E-state index in [1.165, 1.54) is 6.26 Å². The summed E-state index contributed by atoms with van der Waals surface area (Å²) in [5.41, 5.74) is 0. The smallest absolute Gasteiger partial charge is 0.326 e. The summed E-state index contributed by atoms with van der Waals surface area (Å²) in [6, 6.07) is 1.71. The van der Waals surface area contributed by atoms with Crippen molar-refractivity contribution < 1.29 is 19.1 Å². The Bertz CT molecular complexity index is 400. The number of carboxylic acid groups (broad SMARTS) is 1. The summed E-state index contributed by atoms with van der Waals surface area (Å²) >= 11 is 0. The number of rotatable bonds is 5. The van der Waals surface area contributed by atoms with E-state index in [1.54, 1.807) is 32.9 Å². The summed E-state index contributed by atoms with van der Waals surface area (Å²) in [6.45, 7) is 5.22. The van der Waals surface area contributed by atoms with Crippen molar-refractivity contribution in [1.29, 1.82) is 0 Å². The fourth-order valence-corrected chi connectivity index (χ4v) is 1.50. The van der Waals surface area contributed by atoms with Crippen LogP contribution in [0.4, 0.5) is 4.79 Å². The van der Waals surface area contributed by atoms with Crippen LogP contribution in [0.15, 0.2) is 22.8 Å². The zero-order valence-corrected chi connectivity index (χ0v) is 10.6. The molecule has 0 aliphatic heterocycles. The minimum absolute atomic E-state index is 0.188. The molecule has 0 saturated heterocycles. The zero-order valence-electron chi connectivity index (χ0n) is 10.6. The topological polar surface area (TPSA) is 91.6 Å². The highest BCUT2D eigenvalue weighted by atomic mass is 16.4. The van der Waals surface area contributed by atoms with Crippen molar-refractivity contribution in [3.05, 3.63) is 24.2 Å². The molecule has 0 aromatic carbocycles. The first kappa shape index (κ1) is 14.1. The Labute approximate surface area is 105 Å². The standard InChI is InChI=1S/C12H18N2O4/c1-7(2)10(11(15)16)14-12(17)13-8(3)9-5-4-6-18-9/h4-8,10H,1-3H3,(H,15,16)(H2,13,14,17). The van der Waals surface area contributed by atoms with E-state index in [2.05, 4.69) is 10.6 Å². The van der Waals surface area contributed by atoms with Crippen molar-refractivity contribution in [2.75, 3.05) is 0 Å². The third-order valence-corrected chi connectivity index (χ3v) is 2.54. The van der Waals surface area contributed by atoms with Crippen molar-refractivity contribution in [1.82, 2.24) is 10.6 Å². The van der Waals surface area contributed by atoms with Crippen molar-refractivity contribution in [3.8, 4) is 0 Å². The number of aliphatic carboxylic acids is 1. The molecule has 3 N–H and O–H groups in total. The van der Waals surface area contributed by atoms with Gasteiger partial charge >= 0.3 is 12.0 Å². The zero-order chi connectivity index (χ0) is 13.7. The number of carboxylic acids is 1. The lowest BCUT2D eigenvalue weighted by atomic mass is 10.1. The summed E-state index contributed by atoms with van der Waals surface area (Å²) < 4.78 is 5.14. The molecular weight excluding hydrogens is 236 g/mol. The third kappa shape index (κ3) is 3.80. The highest BCUT2D eigenvalue weighted by Crippen LogP contribution is 2.12. The third-order valence-electron chi connectivity index (χ3n) is 2.54. The number of furan rings is 1. The van der Waals surface area contributed by atoms with Crippen LogP contribution in [-0.4, -0.2) is 23.1 Å². The van der Waals surface area contributed by atoms with Crippen LogP contribution in [0.2, 0.25) is 0 Å². The number of hydrogen-bond donors (Lipinski definition) is 3. The van der Waals surface area contributed by atoms with Gasteiger partial charge in [0.25, 0.3) is 0 Å². The van der Waals surface area contributed by atoms with Gasteiger partial charge in [-0.2, -0.15) is 0 Å². The second kappa shape index (κ2) is 6.09. The average molecular weight is 254 g/mol. The molecule has 0 spiro atoms. The van der Waals surface area contributed by atoms with Crippen LogP contribution in [-0.2, 0) is 4.79 Å². The van der Waals surface area contributed by atoms with Gasteiger partial charge in [0.05, 0.1) is 12.3 Å². The molecule has 1 heterocycles. The lowest BCUT2D eigenvalue weighted by Crippen LogP contribution is -2.49. The van der Waals surface area contributed by atoms with E-state index in [9.17, 15) is 9.59 Å². The number of carbonyl (C=O) groups excluding carboxylic acids is 1. The van der Waals surface area contributed by atoms with Crippen LogP contribution in [0.3, 0.4) is 0 Å². The minimum atomic E-state index is -1.05. The Kier molecular flexibility index (Phi) is 4.76. The van der Waals surface area contributed by atoms with E-state index in [0.29, 0.717) is 5.76 Å². The van der Waals surface area contributed by atoms with Gasteiger partial charge in [-0.3, -0.25) is 0 Å². The molecule has 1 aromatic heterocycles. The van der Waals surface area contributed by atoms with Gasteiger partial charge in [-0.1, -0.05) is 13.8 Å². The molecule has 2 unspecified atom stereocenters. The molecule has 0 saturated carbocycles. The number of amides is 2. The number of hydrogen-bond acceptors (Lipinski definition) is 3. The monoisotopic (exact) mass is 254 g/mol. The Morgan fingerprint density at radius 1 is 1.28 bits per heavy atom. The molecule has 6 heteroatoms. The van der Waals surface area contributed by atoms with Crippen LogP contribution < -0.4 is 10.6 Å². The predicted molar refractivity (Wildman–Crippen MR) is 65.1 cm³/mol. The van der Waals surface area contributed by atoms with Crippen molar-refractivity contribution >= 4 is 12.0 Å². The van der Waals surface area contributed by atoms with Gasteiger partial charge in [-0.05, 0) is 25.0 Å². The summed E-state index contributed by atoms with van der Waals surface area (Å²) in [4.78, 5) is 22.6. The predicted octanol–water partition coefficient (Wildman–Crippen LogP) is 1.75. The van der Waals surface area contributed by atoms with Crippen LogP contribution in [0.25, 0.3) is 0 Å². The minimum Gasteiger partial charge on any atom is -0.480 e. The van der Waals surface area contributed by atoms with E-state index < -0.39 is 18.0 Å². The quantitative estimate of drug-likeness (QED) is 0.746. The first-order valence-corrected chi connectivity index (χ1v) is 5.75. The van der Waals surface area contributed by atoms with E-state index in [4.69, 9.17) is 9.52 Å². The van der Waals surface area contributed by atoms with Gasteiger partial charge < -0.3 is 20.2 Å². The van der Waals surface area contributed by atoms with Gasteiger partial charge in [-0.15, -0.1) is 0 Å². The molecule has 0 radical (unpaired) electrons. The van der Waals surface area contributed by atoms with E-state index >= 15 is 0 Å². The first-order chi connectivity index (χ1) is 8.41. The maximum atomic E-state index is 11.6. The lowest BCUT2D eigenvalue weighted by molar-refractivity contribution is -0.140. The van der Waals surface area contributed by atoms with Crippen molar-refractivity contribution in [3.63, 3.8) is 0 Å². The summed E-state index contributed by atoms with van der Waals surface area (Å²) in [7, 11) is 0. The molecule has 1 aromatic rings. The van der Waals surface area contributed by atoms with Crippen molar-refractivity contribution in [2.45, 2.75) is 32.9 Å². The van der Waals surface area contributed by atoms with E-state index in [-0.39, 0.29) is 12.0 Å². The van der Waals surface area contributed by atoms with Gasteiger partial charge in [0.15, 0.2) is 0 Å². The largest absolute Gasteiger partial charge is 0.480 e. The molecule has 0 aliphatic carbocycles. The van der Waals surface area contributed by atoms with Gasteiger partial charge in [0.1, 0.15) is 11.8 Å². The lowest BCUT2D eigenvalue weighted by Gasteiger charge is -2.19. The molecule has 6 nitrogen and oxygen atoms in total. The molecule has 2 atom stereocenters. The highest BCUT2D eigenvalue weighted by Gasteiger charge is 2.24. The highest BCUT2D eigenvalue weighted by molar-refractivity contribution is 5.82. The second-order valence-corrected chi connectivity index (χ2v) is 4.41. The molecular formula is C12H18N2O4. The van der Waals surface area contributed by atoms with Gasteiger partial charge in [-0.25, -0.2) is 9.59 Å². The number of carbonyl (C=O) groups is 2. The number of nitrogens with one attached hydrogen (secondary N) is 2. The van der Waals surface area contributed by atoms with E-state index in [1.807, 2.05) is 0 Å². The maximum absolute atomic E-state index is 11.6. The molecule has 0 bridgehead atoms. The normalized spacial score (nSPS) is 14.0. The summed E-state index contributed by atoms with van der Waals surface area (Å²) in [6.07, 6.45) is 1.51. The Balaban J connectivity index is 2.53.